The molecule has 1 rings (SSSR count). The summed E-state index contributed by atoms with van der Waals surface area (Å²) in [6, 6.07) is 1.96. The van der Waals surface area contributed by atoms with Crippen molar-refractivity contribution < 1.29 is 4.42 Å². The molecule has 0 unspecified atom stereocenters. The van der Waals surface area contributed by atoms with Crippen LogP contribution in [0.15, 0.2) is 16.7 Å². The molecule has 0 radical (unpaired) electrons. The Kier molecular flexibility index (Phi) is 4.85. The molecule has 1 aromatic heterocycles. The first-order valence-corrected chi connectivity index (χ1v) is 5.65. The minimum absolute atomic E-state index is 0.561. The smallest absolute Gasteiger partial charge is 0.122 e. The van der Waals surface area contributed by atoms with Gasteiger partial charge in [0.15, 0.2) is 0 Å². The van der Waals surface area contributed by atoms with Crippen LogP contribution in [-0.4, -0.2) is 18.0 Å². The molecule has 0 aromatic carbocycles. The standard InChI is InChI=1S/C12H22N2O/c1-4-14(8-10(2)3)9-12-11(7-13)5-6-15-12/h5-6,10H,4,7-9,13H2,1-3H3. The van der Waals surface area contributed by atoms with Crippen molar-refractivity contribution >= 4 is 0 Å². The highest BCUT2D eigenvalue weighted by molar-refractivity contribution is 5.16. The molecule has 2 N–H and O–H groups in total. The zero-order valence-corrected chi connectivity index (χ0v) is 9.99. The van der Waals surface area contributed by atoms with Crippen molar-refractivity contribution in [3.05, 3.63) is 23.7 Å². The third-order valence-corrected chi connectivity index (χ3v) is 2.50. The Morgan fingerprint density at radius 3 is 2.73 bits per heavy atom. The minimum atomic E-state index is 0.561. The summed E-state index contributed by atoms with van der Waals surface area (Å²) in [5.74, 6) is 1.70. The molecule has 3 heteroatoms. The molecule has 0 aliphatic heterocycles. The minimum Gasteiger partial charge on any atom is -0.468 e. The molecule has 15 heavy (non-hydrogen) atoms. The van der Waals surface area contributed by atoms with Gasteiger partial charge in [0.25, 0.3) is 0 Å². The fourth-order valence-corrected chi connectivity index (χ4v) is 1.71. The Labute approximate surface area is 92.2 Å². The van der Waals surface area contributed by atoms with E-state index in [9.17, 15) is 0 Å². The van der Waals surface area contributed by atoms with Crippen LogP contribution in [0.2, 0.25) is 0 Å². The van der Waals surface area contributed by atoms with Crippen LogP contribution >= 0.6 is 0 Å². The average Bonchev–Trinajstić information content (AvgIpc) is 2.63. The van der Waals surface area contributed by atoms with E-state index in [4.69, 9.17) is 10.2 Å². The first-order chi connectivity index (χ1) is 7.17. The maximum atomic E-state index is 5.63. The Morgan fingerprint density at radius 1 is 1.47 bits per heavy atom. The Morgan fingerprint density at radius 2 is 2.20 bits per heavy atom. The Hall–Kier alpha value is -0.800. The molecule has 0 fully saturated rings. The van der Waals surface area contributed by atoms with Gasteiger partial charge in [0.2, 0.25) is 0 Å². The van der Waals surface area contributed by atoms with Gasteiger partial charge in [0.1, 0.15) is 5.76 Å². The summed E-state index contributed by atoms with van der Waals surface area (Å²) >= 11 is 0. The van der Waals surface area contributed by atoms with Gasteiger partial charge in [-0.15, -0.1) is 0 Å². The predicted octanol–water partition coefficient (Wildman–Crippen LogP) is 2.22. The van der Waals surface area contributed by atoms with Crippen LogP contribution in [0.5, 0.6) is 0 Å². The maximum absolute atomic E-state index is 5.63. The van der Waals surface area contributed by atoms with Crippen LogP contribution in [0.25, 0.3) is 0 Å². The normalized spacial score (nSPS) is 11.6. The van der Waals surface area contributed by atoms with E-state index < -0.39 is 0 Å². The van der Waals surface area contributed by atoms with Gasteiger partial charge in [0, 0.05) is 18.7 Å². The van der Waals surface area contributed by atoms with Crippen molar-refractivity contribution in [2.75, 3.05) is 13.1 Å². The fraction of sp³-hybridized carbons (Fsp3) is 0.667. The lowest BCUT2D eigenvalue weighted by molar-refractivity contribution is 0.228. The summed E-state index contributed by atoms with van der Waals surface area (Å²) in [7, 11) is 0. The van der Waals surface area contributed by atoms with Gasteiger partial charge >= 0.3 is 0 Å². The van der Waals surface area contributed by atoms with E-state index in [1.165, 1.54) is 0 Å². The average molecular weight is 210 g/mol. The molecule has 0 saturated carbocycles. The molecule has 3 nitrogen and oxygen atoms in total. The molecule has 0 amide bonds. The molecule has 0 saturated heterocycles. The third kappa shape index (κ3) is 3.68. The molecule has 1 aromatic rings. The van der Waals surface area contributed by atoms with Gasteiger partial charge in [-0.25, -0.2) is 0 Å². The monoisotopic (exact) mass is 210 g/mol. The van der Waals surface area contributed by atoms with Crippen LogP contribution in [0.4, 0.5) is 0 Å². The van der Waals surface area contributed by atoms with Crippen molar-refractivity contribution in [3.63, 3.8) is 0 Å². The van der Waals surface area contributed by atoms with Crippen molar-refractivity contribution in [3.8, 4) is 0 Å². The zero-order chi connectivity index (χ0) is 11.3. The summed E-state index contributed by atoms with van der Waals surface area (Å²) in [5.41, 5.74) is 6.76. The quantitative estimate of drug-likeness (QED) is 0.783. The van der Waals surface area contributed by atoms with Gasteiger partial charge in [-0.3, -0.25) is 4.90 Å². The number of nitrogens with two attached hydrogens (primary N) is 1. The van der Waals surface area contributed by atoms with Gasteiger partial charge in [-0.1, -0.05) is 20.8 Å². The highest BCUT2D eigenvalue weighted by Gasteiger charge is 2.10. The van der Waals surface area contributed by atoms with E-state index >= 15 is 0 Å². The highest BCUT2D eigenvalue weighted by Crippen LogP contribution is 2.13. The van der Waals surface area contributed by atoms with Crippen molar-refractivity contribution in [2.24, 2.45) is 11.7 Å². The molecular formula is C12H22N2O. The number of nitrogens with zero attached hydrogens (tertiary/aromatic N) is 1. The topological polar surface area (TPSA) is 42.4 Å². The van der Waals surface area contributed by atoms with Gasteiger partial charge in [-0.05, 0) is 18.5 Å². The van der Waals surface area contributed by atoms with Crippen LogP contribution in [0.1, 0.15) is 32.1 Å². The molecule has 1 heterocycles. The van der Waals surface area contributed by atoms with Crippen molar-refractivity contribution in [1.82, 2.24) is 4.90 Å². The predicted molar refractivity (Wildman–Crippen MR) is 62.4 cm³/mol. The van der Waals surface area contributed by atoms with Gasteiger partial charge in [0.05, 0.1) is 12.8 Å². The van der Waals surface area contributed by atoms with E-state index in [-0.39, 0.29) is 0 Å². The lowest BCUT2D eigenvalue weighted by Gasteiger charge is -2.21. The molecule has 0 spiro atoms. The largest absolute Gasteiger partial charge is 0.468 e. The SMILES string of the molecule is CCN(Cc1occc1CN)CC(C)C. The molecule has 86 valence electrons. The Balaban J connectivity index is 2.58. The first-order valence-electron chi connectivity index (χ1n) is 5.65. The lowest BCUT2D eigenvalue weighted by atomic mass is 10.2. The number of hydrogen-bond acceptors (Lipinski definition) is 3. The third-order valence-electron chi connectivity index (χ3n) is 2.50. The van der Waals surface area contributed by atoms with Crippen LogP contribution in [0, 0.1) is 5.92 Å². The number of hydrogen-bond donors (Lipinski definition) is 1. The molecule has 0 bridgehead atoms. The van der Waals surface area contributed by atoms with E-state index in [0.29, 0.717) is 12.5 Å². The zero-order valence-electron chi connectivity index (χ0n) is 9.99. The second-order valence-electron chi connectivity index (χ2n) is 4.29. The molecular weight excluding hydrogens is 188 g/mol. The maximum Gasteiger partial charge on any atom is 0.122 e. The summed E-state index contributed by atoms with van der Waals surface area (Å²) in [6.07, 6.45) is 1.72. The lowest BCUT2D eigenvalue weighted by Crippen LogP contribution is -2.27. The molecule has 0 atom stereocenters. The van der Waals surface area contributed by atoms with E-state index in [1.807, 2.05) is 6.07 Å². The number of furan rings is 1. The van der Waals surface area contributed by atoms with Crippen LogP contribution in [-0.2, 0) is 13.1 Å². The van der Waals surface area contributed by atoms with Crippen molar-refractivity contribution in [2.45, 2.75) is 33.9 Å². The van der Waals surface area contributed by atoms with E-state index in [2.05, 4.69) is 25.7 Å². The van der Waals surface area contributed by atoms with E-state index in [0.717, 1.165) is 31.0 Å². The molecule has 0 aliphatic carbocycles. The first kappa shape index (κ1) is 12.3. The van der Waals surface area contributed by atoms with E-state index in [1.54, 1.807) is 6.26 Å². The summed E-state index contributed by atoms with van der Waals surface area (Å²) in [4.78, 5) is 2.38. The highest BCUT2D eigenvalue weighted by atomic mass is 16.3. The van der Waals surface area contributed by atoms with Crippen LogP contribution in [0.3, 0.4) is 0 Å². The summed E-state index contributed by atoms with van der Waals surface area (Å²) in [6.45, 7) is 10.2. The van der Waals surface area contributed by atoms with Crippen molar-refractivity contribution in [1.29, 1.82) is 0 Å². The summed E-state index contributed by atoms with van der Waals surface area (Å²) < 4.78 is 5.45. The second kappa shape index (κ2) is 5.93. The van der Waals surface area contributed by atoms with Gasteiger partial charge in [-0.2, -0.15) is 0 Å². The van der Waals surface area contributed by atoms with Crippen LogP contribution < -0.4 is 5.73 Å². The number of rotatable bonds is 6. The van der Waals surface area contributed by atoms with Gasteiger partial charge < -0.3 is 10.2 Å². The summed E-state index contributed by atoms with van der Waals surface area (Å²) in [5, 5.41) is 0. The second-order valence-corrected chi connectivity index (χ2v) is 4.29. The molecule has 0 aliphatic rings. The fourth-order valence-electron chi connectivity index (χ4n) is 1.71. The Bertz CT molecular complexity index is 281.